The second kappa shape index (κ2) is 17.5. The third kappa shape index (κ3) is 8.97. The van der Waals surface area contributed by atoms with E-state index in [2.05, 4.69) is 32.5 Å². The number of aliphatic hydroxyl groups is 1. The van der Waals surface area contributed by atoms with E-state index in [9.17, 15) is 24.3 Å². The van der Waals surface area contributed by atoms with E-state index in [0.717, 1.165) is 0 Å². The van der Waals surface area contributed by atoms with Crippen LogP contribution in [0.5, 0.6) is 0 Å². The van der Waals surface area contributed by atoms with E-state index in [4.69, 9.17) is 28.2 Å². The standard InChI is InChI=1S/C40H55N5O11/c1-11-30-40(8)34(42-38(50)55-40)23(4)31(46)21(2)20-39(7,51-17-13-14-26-19-28(44-56-26)27-15-12-16-41-43-27)35(24(5)32(47)25(6)36(49)53-30)54-37-33(48)29(45(9)10)18-22(3)52-37/h12,15-16,19,21-25,29-30,33-35,37,48H,11,17-18,20H2,1-10H3,(H,42,50)/t21-,22-,23+,24+,25-,29+,30-,33-,34-,35-,37+,39-,40-/m1/s1. The summed E-state index contributed by atoms with van der Waals surface area (Å²) in [5.74, 6) is 0.645. The fourth-order valence-corrected chi connectivity index (χ4v) is 8.34. The van der Waals surface area contributed by atoms with E-state index < -0.39 is 83.4 Å². The smallest absolute Gasteiger partial charge is 0.408 e. The summed E-state index contributed by atoms with van der Waals surface area (Å²) in [6.45, 7) is 13.3. The summed E-state index contributed by atoms with van der Waals surface area (Å²) in [5, 5.41) is 26.2. The Morgan fingerprint density at radius 2 is 1.79 bits per heavy atom. The van der Waals surface area contributed by atoms with Gasteiger partial charge in [-0.2, -0.15) is 5.10 Å². The molecule has 3 fully saturated rings. The number of nitrogens with one attached hydrogen (secondary N) is 1. The molecule has 0 aliphatic carbocycles. The maximum absolute atomic E-state index is 14.4. The predicted octanol–water partition coefficient (Wildman–Crippen LogP) is 3.34. The highest BCUT2D eigenvalue weighted by Gasteiger charge is 2.57. The summed E-state index contributed by atoms with van der Waals surface area (Å²) in [6, 6.07) is 3.88. The summed E-state index contributed by atoms with van der Waals surface area (Å²) in [5.41, 5.74) is -1.92. The number of aliphatic hydroxyl groups excluding tert-OH is 1. The Balaban J connectivity index is 1.55. The first-order chi connectivity index (χ1) is 26.4. The molecule has 5 heterocycles. The minimum Gasteiger partial charge on any atom is -0.458 e. The largest absolute Gasteiger partial charge is 0.458 e. The molecule has 3 saturated heterocycles. The number of ketones is 2. The molecule has 5 rings (SSSR count). The van der Waals surface area contributed by atoms with Crippen molar-refractivity contribution in [2.75, 3.05) is 20.7 Å². The van der Waals surface area contributed by atoms with Crippen LogP contribution in [0.15, 0.2) is 28.9 Å². The van der Waals surface area contributed by atoms with E-state index >= 15 is 0 Å². The van der Waals surface area contributed by atoms with Crippen LogP contribution in [-0.2, 0) is 38.1 Å². The van der Waals surface area contributed by atoms with Crippen molar-refractivity contribution in [3.8, 4) is 23.2 Å². The van der Waals surface area contributed by atoms with Gasteiger partial charge in [-0.3, -0.25) is 14.4 Å². The molecule has 1 amide bonds. The fraction of sp³-hybridized carbons (Fsp3) is 0.675. The van der Waals surface area contributed by atoms with Crippen molar-refractivity contribution in [2.24, 2.45) is 23.7 Å². The Labute approximate surface area is 327 Å². The summed E-state index contributed by atoms with van der Waals surface area (Å²) >= 11 is 0. The van der Waals surface area contributed by atoms with E-state index in [-0.39, 0.29) is 43.1 Å². The molecule has 16 heteroatoms. The molecule has 2 aromatic heterocycles. The van der Waals surface area contributed by atoms with Crippen LogP contribution in [0.4, 0.5) is 4.79 Å². The minimum absolute atomic E-state index is 0.0169. The molecule has 2 aromatic rings. The Morgan fingerprint density at radius 1 is 1.05 bits per heavy atom. The van der Waals surface area contributed by atoms with E-state index in [1.54, 1.807) is 65.9 Å². The predicted molar refractivity (Wildman–Crippen MR) is 199 cm³/mol. The molecule has 0 unspecified atom stereocenters. The number of ether oxygens (including phenoxy) is 5. The molecule has 13 atom stereocenters. The lowest BCUT2D eigenvalue weighted by Gasteiger charge is -2.47. The normalized spacial score (nSPS) is 37.1. The lowest BCUT2D eigenvalue weighted by atomic mass is 9.73. The number of Topliss-reactive ketones (excluding diaryl/α,β-unsaturated/α-hetero) is 2. The number of amides is 1. The average Bonchev–Trinajstić information content (AvgIpc) is 3.77. The van der Waals surface area contributed by atoms with Crippen molar-refractivity contribution in [3.05, 3.63) is 30.2 Å². The number of cyclic esters (lactones) is 1. The van der Waals surface area contributed by atoms with Crippen molar-refractivity contribution < 1.29 is 52.5 Å². The summed E-state index contributed by atoms with van der Waals surface area (Å²) in [6.07, 6.45) is -3.18. The van der Waals surface area contributed by atoms with Crippen LogP contribution in [0, 0.1) is 35.5 Å². The fourth-order valence-electron chi connectivity index (χ4n) is 8.34. The zero-order valence-electron chi connectivity index (χ0n) is 33.8. The number of likely N-dealkylation sites (N-methyl/N-ethyl adjacent to an activating group) is 1. The molecule has 0 radical (unpaired) electrons. The van der Waals surface area contributed by atoms with Gasteiger partial charge in [0.1, 0.15) is 41.9 Å². The molecule has 0 saturated carbocycles. The number of nitrogens with zero attached hydrogens (tertiary/aromatic N) is 4. The SMILES string of the molecule is CC[C@H]1OC(=O)[C@H](C)C(=O)[C@H](C)[C@@H](O[C@@H]2O[C@H](C)C[C@H](N(C)C)[C@H]2O)[C@](C)(OCC#Cc2cc(-c3cccnn3)no2)C[C@@H](C)C(=O)[C@H](C)[C@H]2NC(=O)O[C@@]21C. The summed E-state index contributed by atoms with van der Waals surface area (Å²) in [4.78, 5) is 57.2. The van der Waals surface area contributed by atoms with Crippen LogP contribution in [0.3, 0.4) is 0 Å². The summed E-state index contributed by atoms with van der Waals surface area (Å²) < 4.78 is 36.5. The molecular weight excluding hydrogens is 726 g/mol. The Hall–Kier alpha value is -4.27. The van der Waals surface area contributed by atoms with Gasteiger partial charge in [0, 0.05) is 36.1 Å². The third-order valence-corrected chi connectivity index (χ3v) is 11.5. The monoisotopic (exact) mass is 781 g/mol. The molecule has 0 bridgehead atoms. The van der Waals surface area contributed by atoms with Gasteiger partial charge in [0.15, 0.2) is 17.7 Å². The number of carbonyl (C=O) groups excluding carboxylic acids is 4. The quantitative estimate of drug-likeness (QED) is 0.235. The number of fused-ring (bicyclic) bond motifs is 1. The molecule has 2 N–H and O–H groups in total. The van der Waals surface area contributed by atoms with Gasteiger partial charge in [0.25, 0.3) is 0 Å². The van der Waals surface area contributed by atoms with Gasteiger partial charge in [0.2, 0.25) is 5.76 Å². The molecule has 56 heavy (non-hydrogen) atoms. The van der Waals surface area contributed by atoms with Gasteiger partial charge >= 0.3 is 12.1 Å². The number of aromatic nitrogens is 3. The molecule has 306 valence electrons. The second-order valence-electron chi connectivity index (χ2n) is 16.0. The lowest BCUT2D eigenvalue weighted by molar-refractivity contribution is -0.296. The topological polar surface area (TPSA) is 202 Å². The van der Waals surface area contributed by atoms with Gasteiger partial charge < -0.3 is 43.5 Å². The first-order valence-electron chi connectivity index (χ1n) is 19.2. The van der Waals surface area contributed by atoms with Gasteiger partial charge in [-0.15, -0.1) is 5.10 Å². The van der Waals surface area contributed by atoms with Crippen LogP contribution in [-0.4, -0.2) is 124 Å². The number of hydrogen-bond acceptors (Lipinski definition) is 15. The molecule has 0 aromatic carbocycles. The van der Waals surface area contributed by atoms with Gasteiger partial charge in [-0.1, -0.05) is 38.8 Å². The number of rotatable bonds is 7. The first-order valence-corrected chi connectivity index (χ1v) is 19.2. The molecule has 3 aliphatic rings. The van der Waals surface area contributed by atoms with E-state index in [0.29, 0.717) is 17.8 Å². The van der Waals surface area contributed by atoms with Crippen LogP contribution >= 0.6 is 0 Å². The molecule has 16 nitrogen and oxygen atoms in total. The average molecular weight is 782 g/mol. The first kappa shape index (κ1) is 42.9. The second-order valence-corrected chi connectivity index (χ2v) is 16.0. The molecule has 3 aliphatic heterocycles. The zero-order valence-corrected chi connectivity index (χ0v) is 33.8. The third-order valence-electron chi connectivity index (χ3n) is 11.5. The molecule has 0 spiro atoms. The van der Waals surface area contributed by atoms with Crippen LogP contribution in [0.25, 0.3) is 11.4 Å². The lowest BCUT2D eigenvalue weighted by Crippen LogP contribution is -2.60. The van der Waals surface area contributed by atoms with Crippen LogP contribution < -0.4 is 5.32 Å². The van der Waals surface area contributed by atoms with Crippen molar-refractivity contribution in [1.82, 2.24) is 25.6 Å². The van der Waals surface area contributed by atoms with E-state index in [1.165, 1.54) is 6.92 Å². The van der Waals surface area contributed by atoms with Crippen molar-refractivity contribution >= 4 is 23.6 Å². The maximum Gasteiger partial charge on any atom is 0.408 e. The highest BCUT2D eigenvalue weighted by Crippen LogP contribution is 2.40. The van der Waals surface area contributed by atoms with E-state index in [1.807, 2.05) is 25.9 Å². The Morgan fingerprint density at radius 3 is 2.45 bits per heavy atom. The number of carbonyl (C=O) groups is 4. The maximum atomic E-state index is 14.4. The van der Waals surface area contributed by atoms with Crippen LogP contribution in [0.2, 0.25) is 0 Å². The number of esters is 1. The van der Waals surface area contributed by atoms with Gasteiger partial charge in [0.05, 0.1) is 23.9 Å². The van der Waals surface area contributed by atoms with Gasteiger partial charge in [-0.05, 0) is 79.1 Å². The van der Waals surface area contributed by atoms with Crippen molar-refractivity contribution in [3.63, 3.8) is 0 Å². The number of hydrogen-bond donors (Lipinski definition) is 2. The van der Waals surface area contributed by atoms with Crippen molar-refractivity contribution in [2.45, 2.75) is 129 Å². The van der Waals surface area contributed by atoms with Gasteiger partial charge in [-0.25, -0.2) is 4.79 Å². The molecular formula is C40H55N5O11. The van der Waals surface area contributed by atoms with Crippen molar-refractivity contribution in [1.29, 1.82) is 0 Å². The Kier molecular flexibility index (Phi) is 13.4. The van der Waals surface area contributed by atoms with Crippen LogP contribution in [0.1, 0.15) is 80.4 Å². The Bertz CT molecular complexity index is 1790. The summed E-state index contributed by atoms with van der Waals surface area (Å²) in [7, 11) is 3.70. The minimum atomic E-state index is -1.46. The highest BCUT2D eigenvalue weighted by atomic mass is 16.7. The number of alkyl carbamates (subject to hydrolysis) is 1. The zero-order chi connectivity index (χ0) is 41.1. The highest BCUT2D eigenvalue weighted by molar-refractivity contribution is 6.00.